The summed E-state index contributed by atoms with van der Waals surface area (Å²) in [5, 5.41) is 0.197. The molecule has 2 aromatic heterocycles. The molecule has 0 aliphatic carbocycles. The van der Waals surface area contributed by atoms with Crippen LogP contribution in [0.2, 0.25) is 5.02 Å². The number of benzene rings is 1. The van der Waals surface area contributed by atoms with Crippen molar-refractivity contribution in [1.29, 1.82) is 0 Å². The molecule has 1 aliphatic rings. The molecule has 1 aromatic carbocycles. The van der Waals surface area contributed by atoms with Gasteiger partial charge in [-0.15, -0.1) is 0 Å². The van der Waals surface area contributed by atoms with Gasteiger partial charge in [0, 0.05) is 43.8 Å². The molecular weight excluding hydrogens is 436 g/mol. The Labute approximate surface area is 186 Å². The molecule has 1 saturated heterocycles. The van der Waals surface area contributed by atoms with E-state index in [-0.39, 0.29) is 28.9 Å². The first-order valence-electron chi connectivity index (χ1n) is 9.95. The van der Waals surface area contributed by atoms with E-state index in [1.807, 2.05) is 42.7 Å². The van der Waals surface area contributed by atoms with Gasteiger partial charge in [-0.1, -0.05) is 29.8 Å². The highest BCUT2D eigenvalue weighted by Gasteiger charge is 2.32. The van der Waals surface area contributed by atoms with Gasteiger partial charge in [0.25, 0.3) is 5.91 Å². The van der Waals surface area contributed by atoms with Crippen LogP contribution in [-0.4, -0.2) is 59.3 Å². The second-order valence-electron chi connectivity index (χ2n) is 7.43. The zero-order valence-corrected chi connectivity index (χ0v) is 18.9. The number of hydrogen-bond acceptors (Lipinski definition) is 4. The number of sulfonamides is 1. The van der Waals surface area contributed by atoms with E-state index in [4.69, 9.17) is 11.6 Å². The number of nitrogens with zero attached hydrogens (tertiary/aromatic N) is 4. The molecule has 31 heavy (non-hydrogen) atoms. The monoisotopic (exact) mass is 458 g/mol. The number of amides is 1. The molecule has 1 aliphatic heterocycles. The maximum Gasteiger partial charge on any atom is 0.255 e. The minimum Gasteiger partial charge on any atom is -0.336 e. The Morgan fingerprint density at radius 1 is 1.00 bits per heavy atom. The Hall–Kier alpha value is -2.68. The summed E-state index contributed by atoms with van der Waals surface area (Å²) in [6.45, 7) is 4.90. The van der Waals surface area contributed by atoms with E-state index in [2.05, 4.69) is 4.98 Å². The van der Waals surface area contributed by atoms with Gasteiger partial charge < -0.3 is 9.47 Å². The summed E-state index contributed by atoms with van der Waals surface area (Å²) < 4.78 is 29.2. The Morgan fingerprint density at radius 2 is 1.68 bits per heavy atom. The van der Waals surface area contributed by atoms with Crippen LogP contribution in [0, 0.1) is 13.8 Å². The van der Waals surface area contributed by atoms with E-state index < -0.39 is 10.0 Å². The average Bonchev–Trinajstić information content (AvgIpc) is 3.08. The minimum atomic E-state index is -3.70. The fraction of sp³-hybridized carbons (Fsp3) is 0.273. The minimum absolute atomic E-state index is 0.0929. The Bertz CT molecular complexity index is 1220. The van der Waals surface area contributed by atoms with Crippen LogP contribution >= 0.6 is 11.6 Å². The van der Waals surface area contributed by atoms with Crippen LogP contribution in [0.5, 0.6) is 0 Å². The van der Waals surface area contributed by atoms with Crippen molar-refractivity contribution in [3.8, 4) is 5.82 Å². The van der Waals surface area contributed by atoms with Crippen LogP contribution in [0.25, 0.3) is 5.82 Å². The van der Waals surface area contributed by atoms with E-state index in [0.29, 0.717) is 18.7 Å². The van der Waals surface area contributed by atoms with Crippen molar-refractivity contribution in [2.24, 2.45) is 0 Å². The molecule has 0 atom stereocenters. The maximum atomic E-state index is 13.2. The van der Waals surface area contributed by atoms with Crippen molar-refractivity contribution in [2.75, 3.05) is 26.2 Å². The predicted octanol–water partition coefficient (Wildman–Crippen LogP) is 3.29. The van der Waals surface area contributed by atoms with E-state index >= 15 is 0 Å². The standard InChI is InChI=1S/C22H23ClN4O3S/c1-16-15-18(17(2)27(16)21-9-5-6-10-24-21)22(28)25-11-13-26(14-12-25)31(29,30)20-8-4-3-7-19(20)23/h3-10,15H,11-14H2,1-2H3. The highest BCUT2D eigenvalue weighted by atomic mass is 35.5. The molecule has 0 unspecified atom stereocenters. The van der Waals surface area contributed by atoms with Gasteiger partial charge in [0.2, 0.25) is 10.0 Å². The summed E-state index contributed by atoms with van der Waals surface area (Å²) in [6.07, 6.45) is 1.72. The predicted molar refractivity (Wildman–Crippen MR) is 119 cm³/mol. The third kappa shape index (κ3) is 3.98. The van der Waals surface area contributed by atoms with Crippen LogP contribution in [0.4, 0.5) is 0 Å². The number of carbonyl (C=O) groups is 1. The van der Waals surface area contributed by atoms with Crippen LogP contribution in [0.1, 0.15) is 21.7 Å². The van der Waals surface area contributed by atoms with Gasteiger partial charge in [0.05, 0.1) is 10.6 Å². The van der Waals surface area contributed by atoms with E-state index in [1.54, 1.807) is 29.3 Å². The Morgan fingerprint density at radius 3 is 2.32 bits per heavy atom. The molecule has 0 saturated carbocycles. The lowest BCUT2D eigenvalue weighted by Gasteiger charge is -2.34. The third-order valence-electron chi connectivity index (χ3n) is 5.52. The number of hydrogen-bond donors (Lipinski definition) is 0. The Balaban J connectivity index is 1.51. The van der Waals surface area contributed by atoms with Gasteiger partial charge in [-0.3, -0.25) is 4.79 Å². The number of carbonyl (C=O) groups excluding carboxylic acids is 1. The molecule has 0 bridgehead atoms. The zero-order valence-electron chi connectivity index (χ0n) is 17.3. The molecule has 1 fully saturated rings. The summed E-state index contributed by atoms with van der Waals surface area (Å²) in [5.41, 5.74) is 2.33. The van der Waals surface area contributed by atoms with Crippen LogP contribution < -0.4 is 0 Å². The number of halogens is 1. The topological polar surface area (TPSA) is 75.5 Å². The largest absolute Gasteiger partial charge is 0.336 e. The average molecular weight is 459 g/mol. The van der Waals surface area contributed by atoms with Crippen molar-refractivity contribution >= 4 is 27.5 Å². The lowest BCUT2D eigenvalue weighted by atomic mass is 10.2. The fourth-order valence-electron chi connectivity index (χ4n) is 3.91. The number of aromatic nitrogens is 2. The Kier molecular flexibility index (Phi) is 5.88. The number of pyridine rings is 1. The second-order valence-corrected chi connectivity index (χ2v) is 9.75. The van der Waals surface area contributed by atoms with Gasteiger partial charge in [-0.05, 0) is 44.2 Å². The maximum absolute atomic E-state index is 13.2. The van der Waals surface area contributed by atoms with Crippen LogP contribution in [0.3, 0.4) is 0 Å². The lowest BCUT2D eigenvalue weighted by Crippen LogP contribution is -2.50. The number of aryl methyl sites for hydroxylation is 1. The fourth-order valence-corrected chi connectivity index (χ4v) is 5.83. The molecular formula is C22H23ClN4O3S. The van der Waals surface area contributed by atoms with Gasteiger partial charge in [-0.25, -0.2) is 13.4 Å². The smallest absolute Gasteiger partial charge is 0.255 e. The normalized spacial score (nSPS) is 15.3. The molecule has 9 heteroatoms. The van der Waals surface area contributed by atoms with Crippen LogP contribution in [-0.2, 0) is 10.0 Å². The van der Waals surface area contributed by atoms with Crippen molar-refractivity contribution in [3.63, 3.8) is 0 Å². The van der Waals surface area contributed by atoms with E-state index in [1.165, 1.54) is 10.4 Å². The van der Waals surface area contributed by atoms with Gasteiger partial charge in [-0.2, -0.15) is 4.31 Å². The molecule has 0 N–H and O–H groups in total. The molecule has 0 radical (unpaired) electrons. The summed E-state index contributed by atoms with van der Waals surface area (Å²) in [7, 11) is -3.70. The SMILES string of the molecule is Cc1cc(C(=O)N2CCN(S(=O)(=O)c3ccccc3Cl)CC2)c(C)n1-c1ccccn1. The van der Waals surface area contributed by atoms with Gasteiger partial charge in [0.1, 0.15) is 10.7 Å². The second kappa shape index (κ2) is 8.45. The quantitative estimate of drug-likeness (QED) is 0.601. The first kappa shape index (κ1) is 21.5. The first-order chi connectivity index (χ1) is 14.8. The van der Waals surface area contributed by atoms with E-state index in [9.17, 15) is 13.2 Å². The lowest BCUT2D eigenvalue weighted by molar-refractivity contribution is 0.0697. The summed E-state index contributed by atoms with van der Waals surface area (Å²) in [4.78, 5) is 19.4. The number of piperazine rings is 1. The van der Waals surface area contributed by atoms with Crippen molar-refractivity contribution < 1.29 is 13.2 Å². The highest BCUT2D eigenvalue weighted by Crippen LogP contribution is 2.26. The van der Waals surface area contributed by atoms with Crippen LogP contribution in [0.15, 0.2) is 59.6 Å². The summed E-state index contributed by atoms with van der Waals surface area (Å²) in [6, 6.07) is 13.9. The van der Waals surface area contributed by atoms with Gasteiger partial charge in [0.15, 0.2) is 0 Å². The summed E-state index contributed by atoms with van der Waals surface area (Å²) in [5.74, 6) is 0.650. The first-order valence-corrected chi connectivity index (χ1v) is 11.8. The summed E-state index contributed by atoms with van der Waals surface area (Å²) >= 11 is 6.09. The van der Waals surface area contributed by atoms with Crippen molar-refractivity contribution in [2.45, 2.75) is 18.7 Å². The molecule has 0 spiro atoms. The molecule has 162 valence electrons. The molecule has 3 aromatic rings. The van der Waals surface area contributed by atoms with Gasteiger partial charge >= 0.3 is 0 Å². The molecule has 7 nitrogen and oxygen atoms in total. The highest BCUT2D eigenvalue weighted by molar-refractivity contribution is 7.89. The van der Waals surface area contributed by atoms with Crippen molar-refractivity contribution in [1.82, 2.24) is 18.8 Å². The number of rotatable bonds is 4. The molecule has 4 rings (SSSR count). The molecule has 1 amide bonds. The molecule has 3 heterocycles. The zero-order chi connectivity index (χ0) is 22.2. The third-order valence-corrected chi connectivity index (χ3v) is 7.92. The van der Waals surface area contributed by atoms with E-state index in [0.717, 1.165) is 17.2 Å². The van der Waals surface area contributed by atoms with Crippen molar-refractivity contribution in [3.05, 3.63) is 76.7 Å².